The van der Waals surface area contributed by atoms with Gasteiger partial charge in [-0.1, -0.05) is 0 Å². The summed E-state index contributed by atoms with van der Waals surface area (Å²) in [6.45, 7) is 4.12. The van der Waals surface area contributed by atoms with Gasteiger partial charge in [-0.25, -0.2) is 0 Å². The van der Waals surface area contributed by atoms with Gasteiger partial charge in [-0.3, -0.25) is 0 Å². The summed E-state index contributed by atoms with van der Waals surface area (Å²) in [6.07, 6.45) is 4.19. The molecule has 0 spiro atoms. The second-order valence-corrected chi connectivity index (χ2v) is 4.87. The maximum atomic E-state index is 6.13. The van der Waals surface area contributed by atoms with Gasteiger partial charge in [0.15, 0.2) is 0 Å². The van der Waals surface area contributed by atoms with Gasteiger partial charge in [0.1, 0.15) is 22.7 Å². The molecule has 0 N–H and O–H groups in total. The van der Waals surface area contributed by atoms with E-state index in [1.807, 2.05) is 12.1 Å². The van der Waals surface area contributed by atoms with Gasteiger partial charge in [0.05, 0.1) is 14.2 Å². The van der Waals surface area contributed by atoms with E-state index in [2.05, 4.69) is 26.0 Å². The minimum atomic E-state index is -0.399. The molecule has 2 aliphatic rings. The van der Waals surface area contributed by atoms with Gasteiger partial charge < -0.3 is 14.2 Å². The van der Waals surface area contributed by atoms with Crippen molar-refractivity contribution in [2.45, 2.75) is 25.0 Å². The molecule has 3 nitrogen and oxygen atoms in total. The number of ether oxygens (including phenoxy) is 3. The van der Waals surface area contributed by atoms with Crippen LogP contribution in [0.5, 0.6) is 11.5 Å². The summed E-state index contributed by atoms with van der Waals surface area (Å²) in [6, 6.07) is 3.87. The van der Waals surface area contributed by atoms with E-state index >= 15 is 0 Å². The molecule has 2 atom stereocenters. The number of hydrogen-bond donors (Lipinski definition) is 0. The second kappa shape index (κ2) is 3.05. The fraction of sp³-hybridized carbons (Fsp3) is 0.429. The van der Waals surface area contributed by atoms with Gasteiger partial charge >= 0.3 is 0 Å². The molecule has 0 amide bonds. The number of hydrogen-bond acceptors (Lipinski definition) is 3. The van der Waals surface area contributed by atoms with Crippen molar-refractivity contribution in [3.05, 3.63) is 35.4 Å². The number of fused-ring (bicyclic) bond motifs is 5. The van der Waals surface area contributed by atoms with E-state index in [-0.39, 0.29) is 0 Å². The molecule has 1 aromatic carbocycles. The van der Waals surface area contributed by atoms with Crippen molar-refractivity contribution in [1.82, 2.24) is 0 Å². The predicted molar refractivity (Wildman–Crippen MR) is 64.5 cm³/mol. The van der Waals surface area contributed by atoms with E-state index in [0.717, 1.165) is 22.6 Å². The summed E-state index contributed by atoms with van der Waals surface area (Å²) in [7, 11) is 3.37. The lowest BCUT2D eigenvalue weighted by molar-refractivity contribution is -0.0505. The highest BCUT2D eigenvalue weighted by Gasteiger charge is 2.54. The van der Waals surface area contributed by atoms with Gasteiger partial charge in [0.2, 0.25) is 0 Å². The fourth-order valence-electron chi connectivity index (χ4n) is 2.99. The molecular formula is C14H16O3. The van der Waals surface area contributed by atoms with Crippen LogP contribution >= 0.6 is 0 Å². The molecule has 17 heavy (non-hydrogen) atoms. The molecule has 2 aliphatic heterocycles. The summed E-state index contributed by atoms with van der Waals surface area (Å²) in [5.74, 6) is 1.72. The molecular weight excluding hydrogens is 216 g/mol. The zero-order valence-electron chi connectivity index (χ0n) is 10.5. The number of rotatable bonds is 2. The molecule has 2 heterocycles. The van der Waals surface area contributed by atoms with E-state index in [9.17, 15) is 0 Å². The van der Waals surface area contributed by atoms with Crippen molar-refractivity contribution in [3.63, 3.8) is 0 Å². The van der Waals surface area contributed by atoms with Crippen LogP contribution in [0.4, 0.5) is 0 Å². The van der Waals surface area contributed by atoms with Crippen LogP contribution < -0.4 is 9.47 Å². The number of methoxy groups -OCH3 is 2. The average molecular weight is 232 g/mol. The topological polar surface area (TPSA) is 27.7 Å². The van der Waals surface area contributed by atoms with Crippen LogP contribution in [0.2, 0.25) is 0 Å². The highest BCUT2D eigenvalue weighted by Crippen LogP contribution is 2.59. The normalized spacial score (nSPS) is 32.7. The third kappa shape index (κ3) is 1.15. The van der Waals surface area contributed by atoms with E-state index in [0.29, 0.717) is 0 Å². The molecule has 0 aromatic heterocycles. The van der Waals surface area contributed by atoms with Crippen molar-refractivity contribution in [2.24, 2.45) is 0 Å². The monoisotopic (exact) mass is 232 g/mol. The number of benzene rings is 1. The smallest absolute Gasteiger partial charge is 0.125 e. The van der Waals surface area contributed by atoms with E-state index in [1.165, 1.54) is 0 Å². The molecule has 90 valence electrons. The van der Waals surface area contributed by atoms with E-state index in [1.54, 1.807) is 14.2 Å². The lowest BCUT2D eigenvalue weighted by Gasteiger charge is -2.22. The van der Waals surface area contributed by atoms with Gasteiger partial charge in [-0.2, -0.15) is 0 Å². The first-order valence-electron chi connectivity index (χ1n) is 5.70. The quantitative estimate of drug-likeness (QED) is 0.734. The van der Waals surface area contributed by atoms with Crippen LogP contribution in [-0.2, 0) is 15.9 Å². The van der Waals surface area contributed by atoms with Gasteiger partial charge in [-0.15, -0.1) is 0 Å². The SMILES string of the molecule is COc1ccc(OC)c2c1[C@@]1(C)C=C[C@]2(C)O1. The van der Waals surface area contributed by atoms with Crippen molar-refractivity contribution in [1.29, 1.82) is 0 Å². The van der Waals surface area contributed by atoms with Crippen molar-refractivity contribution in [3.8, 4) is 11.5 Å². The van der Waals surface area contributed by atoms with E-state index < -0.39 is 11.2 Å². The predicted octanol–water partition coefficient (Wildman–Crippen LogP) is 2.73. The molecule has 0 saturated heterocycles. The van der Waals surface area contributed by atoms with Crippen molar-refractivity contribution >= 4 is 0 Å². The third-order valence-electron chi connectivity index (χ3n) is 3.70. The zero-order chi connectivity index (χ0) is 12.3. The Balaban J connectivity index is 2.35. The molecule has 0 aliphatic carbocycles. The van der Waals surface area contributed by atoms with Crippen LogP contribution in [-0.4, -0.2) is 14.2 Å². The summed E-state index contributed by atoms with van der Waals surface area (Å²) in [5, 5.41) is 0. The highest BCUT2D eigenvalue weighted by atomic mass is 16.5. The van der Waals surface area contributed by atoms with Crippen LogP contribution in [0.25, 0.3) is 0 Å². The van der Waals surface area contributed by atoms with Gasteiger partial charge in [-0.05, 0) is 38.1 Å². The maximum Gasteiger partial charge on any atom is 0.125 e. The summed E-state index contributed by atoms with van der Waals surface area (Å²) in [5.41, 5.74) is 1.38. The summed E-state index contributed by atoms with van der Waals surface area (Å²) >= 11 is 0. The Hall–Kier alpha value is -1.48. The Kier molecular flexibility index (Phi) is 1.91. The first-order valence-corrected chi connectivity index (χ1v) is 5.70. The fourth-order valence-corrected chi connectivity index (χ4v) is 2.99. The Bertz CT molecular complexity index is 475. The lowest BCUT2D eigenvalue weighted by atomic mass is 9.82. The largest absolute Gasteiger partial charge is 0.496 e. The molecule has 1 aromatic rings. The summed E-state index contributed by atoms with van der Waals surface area (Å²) < 4.78 is 17.0. The van der Waals surface area contributed by atoms with Crippen LogP contribution in [0.1, 0.15) is 25.0 Å². The zero-order valence-corrected chi connectivity index (χ0v) is 10.5. The lowest BCUT2D eigenvalue weighted by Crippen LogP contribution is -2.17. The Morgan fingerprint density at radius 3 is 1.65 bits per heavy atom. The standard InChI is InChI=1S/C14H16O3/c1-13-7-8-14(2,17-13)12-10(16-4)6-5-9(15-3)11(12)13/h5-8H,1-4H3/t13-,14+. The van der Waals surface area contributed by atoms with Crippen LogP contribution in [0.3, 0.4) is 0 Å². The summed E-state index contributed by atoms with van der Waals surface area (Å²) in [4.78, 5) is 0. The molecule has 0 radical (unpaired) electrons. The Morgan fingerprint density at radius 2 is 1.29 bits per heavy atom. The minimum Gasteiger partial charge on any atom is -0.496 e. The van der Waals surface area contributed by atoms with Crippen LogP contribution in [0, 0.1) is 0 Å². The van der Waals surface area contributed by atoms with Crippen molar-refractivity contribution < 1.29 is 14.2 Å². The first-order chi connectivity index (χ1) is 8.04. The Labute approximate surface area is 101 Å². The molecule has 0 fully saturated rings. The molecule has 0 unspecified atom stereocenters. The first kappa shape index (κ1) is 10.7. The Morgan fingerprint density at radius 1 is 0.882 bits per heavy atom. The van der Waals surface area contributed by atoms with Gasteiger partial charge in [0, 0.05) is 11.1 Å². The average Bonchev–Trinajstić information content (AvgIpc) is 2.76. The maximum absolute atomic E-state index is 6.13. The van der Waals surface area contributed by atoms with Crippen molar-refractivity contribution in [2.75, 3.05) is 14.2 Å². The highest BCUT2D eigenvalue weighted by molar-refractivity contribution is 5.62. The molecule has 3 rings (SSSR count). The molecule has 2 bridgehead atoms. The van der Waals surface area contributed by atoms with Crippen LogP contribution in [0.15, 0.2) is 24.3 Å². The molecule has 3 heteroatoms. The van der Waals surface area contributed by atoms with Gasteiger partial charge in [0.25, 0.3) is 0 Å². The van der Waals surface area contributed by atoms with E-state index in [4.69, 9.17) is 14.2 Å². The third-order valence-corrected chi connectivity index (χ3v) is 3.70. The second-order valence-electron chi connectivity index (χ2n) is 4.87. The minimum absolute atomic E-state index is 0.399. The molecule has 0 saturated carbocycles.